The summed E-state index contributed by atoms with van der Waals surface area (Å²) in [6, 6.07) is 5.74. The van der Waals surface area contributed by atoms with E-state index in [0.29, 0.717) is 16.3 Å². The van der Waals surface area contributed by atoms with Gasteiger partial charge in [0, 0.05) is 18.0 Å². The fourth-order valence-corrected chi connectivity index (χ4v) is 2.76. The number of anilines is 1. The van der Waals surface area contributed by atoms with Crippen molar-refractivity contribution in [3.05, 3.63) is 29.8 Å². The first-order chi connectivity index (χ1) is 9.25. The summed E-state index contributed by atoms with van der Waals surface area (Å²) in [4.78, 5) is 10.9. The molecule has 0 atom stereocenters. The number of nitrogens with one attached hydrogen (secondary N) is 1. The van der Waals surface area contributed by atoms with Crippen molar-refractivity contribution in [3.8, 4) is 5.75 Å². The number of ketones is 1. The topological polar surface area (TPSA) is 104 Å². The number of hydrogen-bond acceptors (Lipinski definition) is 5. The summed E-state index contributed by atoms with van der Waals surface area (Å²) >= 11 is 0. The van der Waals surface area contributed by atoms with E-state index in [4.69, 9.17) is 0 Å². The SMILES string of the molecule is CNc1c(S(=O)(=O)O)cc2cc(C(C)=O)ccc2c1O. The third-order valence-corrected chi connectivity index (χ3v) is 3.89. The molecule has 0 unspecified atom stereocenters. The van der Waals surface area contributed by atoms with E-state index >= 15 is 0 Å². The second-order valence-electron chi connectivity index (χ2n) is 4.32. The summed E-state index contributed by atoms with van der Waals surface area (Å²) in [6.45, 7) is 1.38. The Morgan fingerprint density at radius 2 is 1.90 bits per heavy atom. The van der Waals surface area contributed by atoms with Crippen LogP contribution < -0.4 is 5.32 Å². The van der Waals surface area contributed by atoms with Crippen molar-refractivity contribution in [3.63, 3.8) is 0 Å². The second-order valence-corrected chi connectivity index (χ2v) is 5.71. The van der Waals surface area contributed by atoms with Gasteiger partial charge in [-0.05, 0) is 30.5 Å². The first-order valence-corrected chi connectivity index (χ1v) is 7.15. The standard InChI is InChI=1S/C13H13NO5S/c1-7(15)8-3-4-10-9(5-8)6-11(20(17,18)19)12(14-2)13(10)16/h3-6,14,16H,1-2H3,(H,17,18,19). The minimum atomic E-state index is -4.50. The molecule has 106 valence electrons. The molecule has 0 saturated heterocycles. The van der Waals surface area contributed by atoms with E-state index in [-0.39, 0.29) is 17.2 Å². The molecule has 0 aliphatic heterocycles. The highest BCUT2D eigenvalue weighted by molar-refractivity contribution is 7.86. The zero-order valence-electron chi connectivity index (χ0n) is 10.8. The van der Waals surface area contributed by atoms with Crippen LogP contribution in [0.1, 0.15) is 17.3 Å². The molecule has 0 spiro atoms. The molecule has 0 aliphatic rings. The van der Waals surface area contributed by atoms with Crippen molar-refractivity contribution in [2.24, 2.45) is 0 Å². The van der Waals surface area contributed by atoms with E-state index in [1.54, 1.807) is 0 Å². The molecule has 20 heavy (non-hydrogen) atoms. The van der Waals surface area contributed by atoms with Gasteiger partial charge in [0.2, 0.25) is 0 Å². The van der Waals surface area contributed by atoms with Gasteiger partial charge in [0.15, 0.2) is 5.78 Å². The largest absolute Gasteiger partial charge is 0.505 e. The number of fused-ring (bicyclic) bond motifs is 1. The fourth-order valence-electron chi connectivity index (χ4n) is 2.03. The average Bonchev–Trinajstić information content (AvgIpc) is 2.36. The van der Waals surface area contributed by atoms with E-state index in [9.17, 15) is 22.9 Å². The number of phenolic OH excluding ortho intramolecular Hbond substituents is 1. The Balaban J connectivity index is 2.91. The molecule has 0 aromatic heterocycles. The highest BCUT2D eigenvalue weighted by atomic mass is 32.2. The predicted octanol–water partition coefficient (Wildman–Crippen LogP) is 2.04. The quantitative estimate of drug-likeness (QED) is 0.455. The van der Waals surface area contributed by atoms with E-state index in [1.165, 1.54) is 38.2 Å². The Labute approximate surface area is 115 Å². The summed E-state index contributed by atoms with van der Waals surface area (Å²) in [5.74, 6) is -0.481. The lowest BCUT2D eigenvalue weighted by atomic mass is 10.0. The highest BCUT2D eigenvalue weighted by Crippen LogP contribution is 2.38. The molecule has 7 heteroatoms. The van der Waals surface area contributed by atoms with Gasteiger partial charge in [-0.25, -0.2) is 0 Å². The molecule has 2 rings (SSSR count). The monoisotopic (exact) mass is 295 g/mol. The van der Waals surface area contributed by atoms with E-state index < -0.39 is 15.0 Å². The van der Waals surface area contributed by atoms with Gasteiger partial charge in [0.05, 0.1) is 5.69 Å². The van der Waals surface area contributed by atoms with Crippen LogP contribution in [0.3, 0.4) is 0 Å². The Kier molecular flexibility index (Phi) is 3.41. The number of phenols is 1. The minimum absolute atomic E-state index is 0.0874. The number of rotatable bonds is 3. The van der Waals surface area contributed by atoms with Crippen LogP contribution in [0.15, 0.2) is 29.2 Å². The maximum Gasteiger partial charge on any atom is 0.296 e. The van der Waals surface area contributed by atoms with Crippen molar-refractivity contribution >= 4 is 32.4 Å². The molecule has 0 saturated carbocycles. The van der Waals surface area contributed by atoms with Gasteiger partial charge in [-0.1, -0.05) is 6.07 Å². The zero-order valence-corrected chi connectivity index (χ0v) is 11.7. The first kappa shape index (κ1) is 14.3. The third kappa shape index (κ3) is 2.33. The van der Waals surface area contributed by atoms with Gasteiger partial charge in [0.1, 0.15) is 10.6 Å². The lowest BCUT2D eigenvalue weighted by molar-refractivity contribution is 0.101. The van der Waals surface area contributed by atoms with Crippen LogP contribution in [-0.2, 0) is 10.1 Å². The van der Waals surface area contributed by atoms with Gasteiger partial charge < -0.3 is 10.4 Å². The van der Waals surface area contributed by atoms with Crippen LogP contribution in [0.2, 0.25) is 0 Å². The predicted molar refractivity (Wildman–Crippen MR) is 75.0 cm³/mol. The summed E-state index contributed by atoms with van der Waals surface area (Å²) in [7, 11) is -3.07. The maximum absolute atomic E-state index is 11.4. The van der Waals surface area contributed by atoms with Crippen LogP contribution in [0, 0.1) is 0 Å². The number of aromatic hydroxyl groups is 1. The van der Waals surface area contributed by atoms with Crippen molar-refractivity contribution < 1.29 is 22.9 Å². The number of Topliss-reactive ketones (excluding diaryl/α,β-unsaturated/α-hetero) is 1. The molecule has 0 heterocycles. The van der Waals surface area contributed by atoms with Gasteiger partial charge in [-0.2, -0.15) is 8.42 Å². The van der Waals surface area contributed by atoms with Crippen LogP contribution in [0.4, 0.5) is 5.69 Å². The lowest BCUT2D eigenvalue weighted by Gasteiger charge is -2.12. The first-order valence-electron chi connectivity index (χ1n) is 5.71. The maximum atomic E-state index is 11.4. The zero-order chi connectivity index (χ0) is 15.1. The Morgan fingerprint density at radius 3 is 2.40 bits per heavy atom. The van der Waals surface area contributed by atoms with E-state index in [0.717, 1.165) is 0 Å². The molecular weight excluding hydrogens is 282 g/mol. The molecule has 3 N–H and O–H groups in total. The summed E-state index contributed by atoms with van der Waals surface area (Å²) in [5, 5.41) is 13.4. The number of hydrogen-bond donors (Lipinski definition) is 3. The Morgan fingerprint density at radius 1 is 1.25 bits per heavy atom. The van der Waals surface area contributed by atoms with Crippen LogP contribution in [-0.4, -0.2) is 30.9 Å². The Hall–Kier alpha value is -2.12. The lowest BCUT2D eigenvalue weighted by Crippen LogP contribution is -2.04. The number of carbonyl (C=O) groups excluding carboxylic acids is 1. The smallest absolute Gasteiger partial charge is 0.296 e. The average molecular weight is 295 g/mol. The van der Waals surface area contributed by atoms with Gasteiger partial charge in [-0.3, -0.25) is 9.35 Å². The fraction of sp³-hybridized carbons (Fsp3) is 0.154. The van der Waals surface area contributed by atoms with Crippen LogP contribution in [0.5, 0.6) is 5.75 Å². The van der Waals surface area contributed by atoms with Crippen molar-refractivity contribution in [1.29, 1.82) is 0 Å². The molecule has 6 nitrogen and oxygen atoms in total. The summed E-state index contributed by atoms with van der Waals surface area (Å²) < 4.78 is 31.9. The van der Waals surface area contributed by atoms with Crippen LogP contribution in [0.25, 0.3) is 10.8 Å². The number of carbonyl (C=O) groups is 1. The van der Waals surface area contributed by atoms with Crippen molar-refractivity contribution in [2.45, 2.75) is 11.8 Å². The molecule has 0 bridgehead atoms. The van der Waals surface area contributed by atoms with Gasteiger partial charge in [-0.15, -0.1) is 0 Å². The van der Waals surface area contributed by atoms with Crippen molar-refractivity contribution in [1.82, 2.24) is 0 Å². The highest BCUT2D eigenvalue weighted by Gasteiger charge is 2.21. The number of benzene rings is 2. The normalized spacial score (nSPS) is 11.6. The second kappa shape index (κ2) is 4.77. The molecule has 0 amide bonds. The summed E-state index contributed by atoms with van der Waals surface area (Å²) in [5.41, 5.74) is 0.297. The molecular formula is C13H13NO5S. The minimum Gasteiger partial charge on any atom is -0.505 e. The molecule has 0 aliphatic carbocycles. The van der Waals surface area contributed by atoms with Gasteiger partial charge >= 0.3 is 0 Å². The van der Waals surface area contributed by atoms with Crippen molar-refractivity contribution in [2.75, 3.05) is 12.4 Å². The summed E-state index contributed by atoms with van der Waals surface area (Å²) in [6.07, 6.45) is 0. The molecule has 2 aromatic carbocycles. The molecule has 2 aromatic rings. The molecule has 0 fully saturated rings. The van der Waals surface area contributed by atoms with E-state index in [2.05, 4.69) is 5.32 Å². The molecule has 0 radical (unpaired) electrons. The van der Waals surface area contributed by atoms with Crippen LogP contribution >= 0.6 is 0 Å². The Bertz CT molecular complexity index is 811. The third-order valence-electron chi connectivity index (χ3n) is 3.01. The van der Waals surface area contributed by atoms with Gasteiger partial charge in [0.25, 0.3) is 10.1 Å². The van der Waals surface area contributed by atoms with E-state index in [1.807, 2.05) is 0 Å².